The second-order valence-electron chi connectivity index (χ2n) is 17.8. The highest BCUT2D eigenvalue weighted by molar-refractivity contribution is 7.85. The number of nitrogens with zero attached hydrogens (tertiary/aromatic N) is 3. The van der Waals surface area contributed by atoms with E-state index in [0.717, 1.165) is 12.8 Å². The fraction of sp³-hybridized carbons (Fsp3) is 0.208. The topological polar surface area (TPSA) is 11.4 Å². The van der Waals surface area contributed by atoms with Crippen molar-refractivity contribution in [3.63, 3.8) is 0 Å². The second-order valence-corrected chi connectivity index (χ2v) is 21.2. The molecule has 6 aromatic carbocycles. The molecule has 3 nitrogen and oxygen atoms in total. The first-order valence-electron chi connectivity index (χ1n) is 20.8. The van der Waals surface area contributed by atoms with Gasteiger partial charge in [-0.25, -0.2) is 0 Å². The van der Waals surface area contributed by atoms with Gasteiger partial charge in [-0.2, -0.15) is 0 Å². The van der Waals surface area contributed by atoms with Gasteiger partial charge in [0.2, 0.25) is 0 Å². The normalized spacial score (nSPS) is 15.7. The third-order valence-electron chi connectivity index (χ3n) is 12.6. The van der Waals surface area contributed by atoms with Crippen LogP contribution in [0, 0.1) is 19.3 Å². The van der Waals surface area contributed by atoms with Crippen molar-refractivity contribution in [2.45, 2.75) is 67.2 Å². The van der Waals surface area contributed by atoms with Gasteiger partial charge in [0, 0.05) is 56.8 Å². The highest BCUT2D eigenvalue weighted by Gasteiger charge is 2.44. The van der Waals surface area contributed by atoms with E-state index in [1.807, 2.05) is 0 Å². The maximum Gasteiger partial charge on any atom is 0.0727 e. The van der Waals surface area contributed by atoms with Crippen molar-refractivity contribution in [2.75, 3.05) is 9.80 Å². The lowest BCUT2D eigenvalue weighted by atomic mass is 9.80. The van der Waals surface area contributed by atoms with Crippen LogP contribution >= 0.6 is 19.3 Å². The number of benzene rings is 6. The van der Waals surface area contributed by atoms with Gasteiger partial charge in [0.05, 0.1) is 38.4 Å². The van der Waals surface area contributed by atoms with Crippen molar-refractivity contribution >= 4 is 96.5 Å². The molecule has 0 bridgehead atoms. The van der Waals surface area contributed by atoms with Gasteiger partial charge in [-0.1, -0.05) is 118 Å². The van der Waals surface area contributed by atoms with E-state index >= 15 is 0 Å². The van der Waals surface area contributed by atoms with Gasteiger partial charge in [0.25, 0.3) is 0 Å². The summed E-state index contributed by atoms with van der Waals surface area (Å²) >= 11 is 2.09. The Labute approximate surface area is 347 Å². The number of rotatable bonds is 4. The largest absolute Gasteiger partial charge is 0.309 e. The van der Waals surface area contributed by atoms with Crippen LogP contribution in [0.3, 0.4) is 0 Å². The van der Waals surface area contributed by atoms with E-state index in [0.29, 0.717) is 5.92 Å². The van der Waals surface area contributed by atoms with Crippen molar-refractivity contribution in [1.82, 2.24) is 4.57 Å². The lowest BCUT2D eigenvalue weighted by Gasteiger charge is -2.45. The number of para-hydroxylation sites is 2. The Morgan fingerprint density at radius 1 is 0.621 bits per heavy atom. The molecule has 1 unspecified atom stereocenters. The molecule has 3 aliphatic rings. The predicted molar refractivity (Wildman–Crippen MR) is 253 cm³/mol. The molecule has 4 heterocycles. The van der Waals surface area contributed by atoms with E-state index in [1.165, 1.54) is 104 Å². The van der Waals surface area contributed by atoms with Crippen molar-refractivity contribution in [2.24, 2.45) is 5.41 Å². The fourth-order valence-electron chi connectivity index (χ4n) is 9.52. The van der Waals surface area contributed by atoms with Gasteiger partial charge in [-0.3, -0.25) is 0 Å². The average Bonchev–Trinajstić information content (AvgIpc) is 3.77. The molecule has 0 saturated carbocycles. The zero-order valence-electron chi connectivity index (χ0n) is 34.4. The van der Waals surface area contributed by atoms with Crippen LogP contribution in [0.25, 0.3) is 33.6 Å². The van der Waals surface area contributed by atoms with E-state index in [-0.39, 0.29) is 5.41 Å². The second kappa shape index (κ2) is 13.0. The van der Waals surface area contributed by atoms with Gasteiger partial charge in [0.15, 0.2) is 0 Å². The van der Waals surface area contributed by atoms with Crippen LogP contribution in [-0.2, 0) is 6.42 Å². The number of fused-ring (bicyclic) bond motifs is 9. The Hall–Kier alpha value is -5.41. The summed E-state index contributed by atoms with van der Waals surface area (Å²) in [7, 11) is -0.893. The summed E-state index contributed by atoms with van der Waals surface area (Å²) in [5, 5.41) is 5.46. The van der Waals surface area contributed by atoms with Crippen LogP contribution < -0.4 is 25.0 Å². The molecule has 1 aliphatic carbocycles. The molecular weight excluding hydrogens is 742 g/mol. The zero-order valence-corrected chi connectivity index (χ0v) is 36.1. The van der Waals surface area contributed by atoms with Gasteiger partial charge in [-0.05, 0) is 110 Å². The van der Waals surface area contributed by atoms with Crippen molar-refractivity contribution in [3.05, 3.63) is 160 Å². The Morgan fingerprint density at radius 3 is 1.79 bits per heavy atom. The summed E-state index contributed by atoms with van der Waals surface area (Å²) in [5.41, 5.74) is 18.4. The first-order chi connectivity index (χ1) is 28.0. The molecule has 1 atom stereocenters. The smallest absolute Gasteiger partial charge is 0.0727 e. The number of hydrogen-bond acceptors (Lipinski definition) is 3. The monoisotopic (exact) mass is 789 g/mol. The Morgan fingerprint density at radius 2 is 1.19 bits per heavy atom. The van der Waals surface area contributed by atoms with Gasteiger partial charge >= 0.3 is 0 Å². The average molecular weight is 790 g/mol. The highest BCUT2D eigenvalue weighted by Crippen LogP contribution is 2.61. The minimum Gasteiger partial charge on any atom is -0.309 e. The molecule has 11 rings (SSSR count). The summed E-state index contributed by atoms with van der Waals surface area (Å²) in [6.07, 6.45) is 4.79. The summed E-state index contributed by atoms with van der Waals surface area (Å²) in [4.78, 5) is 6.78. The van der Waals surface area contributed by atoms with E-state index < -0.39 is 7.92 Å². The lowest BCUT2D eigenvalue weighted by Crippen LogP contribution is -2.40. The first kappa shape index (κ1) is 35.7. The van der Waals surface area contributed by atoms with E-state index in [1.54, 1.807) is 5.57 Å². The van der Waals surface area contributed by atoms with Crippen LogP contribution in [0.5, 0.6) is 0 Å². The van der Waals surface area contributed by atoms with Gasteiger partial charge in [-0.15, -0.1) is 11.3 Å². The van der Waals surface area contributed by atoms with Crippen LogP contribution in [0.4, 0.5) is 34.1 Å². The molecule has 0 saturated heterocycles. The molecule has 8 aromatic rings. The zero-order chi connectivity index (χ0) is 39.6. The molecule has 0 radical (unpaired) electrons. The number of allylic oxidation sites excluding steroid dienone is 1. The molecule has 286 valence electrons. The Balaban J connectivity index is 1.25. The van der Waals surface area contributed by atoms with Crippen LogP contribution in [0.1, 0.15) is 74.1 Å². The molecule has 58 heavy (non-hydrogen) atoms. The summed E-state index contributed by atoms with van der Waals surface area (Å²) in [5.74, 6) is 0.350. The number of anilines is 6. The van der Waals surface area contributed by atoms with Gasteiger partial charge < -0.3 is 14.4 Å². The Bertz CT molecular complexity index is 2940. The molecule has 2 aromatic heterocycles. The third kappa shape index (κ3) is 5.34. The molecule has 5 heteroatoms. The lowest BCUT2D eigenvalue weighted by molar-refractivity contribution is 0.485. The third-order valence-corrected chi connectivity index (χ3v) is 16.9. The standard InChI is InChI=1S/C53H48N3PS/c1-32(2)35-28-46-51-47(29-35)56(38-23-18-34(4)19-24-38)50-42-30-36(53(5,6)7)20-27-49(42)58-52(50)57(51)48-26-25-39(31-45(48)54(46)37-21-16-33(3)17-22-37)55-43-14-10-8-12-40(43)41-13-9-11-15-44(41)55/h8-19,21-26,28-32H,20,27H2,1-7H3. The van der Waals surface area contributed by atoms with Crippen LogP contribution in [0.15, 0.2) is 133 Å². The molecule has 0 fully saturated rings. The first-order valence-corrected chi connectivity index (χ1v) is 22.9. The number of thiophene rings is 1. The molecular formula is C53H48N3PS. The SMILES string of the molecule is Cc1ccc(N2c3cc(-n4c5ccccc5c5ccccc54)ccc3P3c4sc5c(c4N(c4ccc(C)cc4)c4cc(C(C)C)cc2c43)C=C(C(C)(C)C)CC5)cc1. The summed E-state index contributed by atoms with van der Waals surface area (Å²) < 4.78 is 4.00. The van der Waals surface area contributed by atoms with Crippen molar-refractivity contribution in [3.8, 4) is 5.69 Å². The number of hydrogen-bond donors (Lipinski definition) is 0. The number of aromatic nitrogens is 1. The van der Waals surface area contributed by atoms with Crippen LogP contribution in [-0.4, -0.2) is 4.57 Å². The van der Waals surface area contributed by atoms with Crippen molar-refractivity contribution in [1.29, 1.82) is 0 Å². The quantitative estimate of drug-likeness (QED) is 0.165. The molecule has 2 aliphatic heterocycles. The molecule has 0 amide bonds. The summed E-state index contributed by atoms with van der Waals surface area (Å²) in [6.45, 7) is 16.2. The highest BCUT2D eigenvalue weighted by atomic mass is 32.1. The minimum absolute atomic E-state index is 0.117. The fourth-order valence-corrected chi connectivity index (χ4v) is 14.3. The Kier molecular flexibility index (Phi) is 8.04. The van der Waals surface area contributed by atoms with E-state index in [9.17, 15) is 0 Å². The van der Waals surface area contributed by atoms with Crippen molar-refractivity contribution < 1.29 is 0 Å². The van der Waals surface area contributed by atoms with E-state index in [4.69, 9.17) is 0 Å². The maximum atomic E-state index is 2.65. The number of aryl methyl sites for hydroxylation is 3. The predicted octanol–water partition coefficient (Wildman–Crippen LogP) is 14.3. The minimum atomic E-state index is -0.893. The van der Waals surface area contributed by atoms with E-state index in [2.05, 4.69) is 208 Å². The molecule has 0 spiro atoms. The molecule has 0 N–H and O–H groups in total. The van der Waals surface area contributed by atoms with Gasteiger partial charge in [0.1, 0.15) is 0 Å². The van der Waals surface area contributed by atoms with Crippen LogP contribution in [0.2, 0.25) is 0 Å². The maximum absolute atomic E-state index is 2.65. The summed E-state index contributed by atoms with van der Waals surface area (Å²) in [6, 6.07) is 48.6.